The van der Waals surface area contributed by atoms with Crippen molar-refractivity contribution in [1.82, 2.24) is 0 Å². The average Bonchev–Trinajstić information content (AvgIpc) is 2.25. The molecule has 0 bridgehead atoms. The summed E-state index contributed by atoms with van der Waals surface area (Å²) in [6.07, 6.45) is 0.716. The van der Waals surface area contributed by atoms with Crippen LogP contribution in [0.5, 0.6) is 0 Å². The summed E-state index contributed by atoms with van der Waals surface area (Å²) in [6, 6.07) is 6.33. The number of carbonyl (C=O) groups excluding carboxylic acids is 2. The highest BCUT2D eigenvalue weighted by Gasteiger charge is 2.49. The van der Waals surface area contributed by atoms with Gasteiger partial charge in [0, 0.05) is 23.8 Å². The van der Waals surface area contributed by atoms with Crippen molar-refractivity contribution in [3.63, 3.8) is 0 Å². The van der Waals surface area contributed by atoms with Gasteiger partial charge in [0.05, 0.1) is 0 Å². The smallest absolute Gasteiger partial charge is 0.184 e. The van der Waals surface area contributed by atoms with Crippen LogP contribution in [0.2, 0.25) is 0 Å². The zero-order chi connectivity index (χ0) is 12.8. The number of rotatable bonds is 1. The molecule has 1 aromatic rings. The third kappa shape index (κ3) is 1.61. The second kappa shape index (κ2) is 3.50. The van der Waals surface area contributed by atoms with Crippen molar-refractivity contribution in [2.75, 3.05) is 6.26 Å². The predicted octanol–water partition coefficient (Wildman–Crippen LogP) is 1.26. The van der Waals surface area contributed by atoms with Crippen LogP contribution in [0.25, 0.3) is 0 Å². The van der Waals surface area contributed by atoms with Gasteiger partial charge >= 0.3 is 0 Å². The van der Waals surface area contributed by atoms with Gasteiger partial charge < -0.3 is 0 Å². The van der Waals surface area contributed by atoms with Gasteiger partial charge in [-0.05, 0) is 6.92 Å². The minimum Gasteiger partial charge on any atom is -0.294 e. The molecule has 0 heterocycles. The van der Waals surface area contributed by atoms with E-state index in [2.05, 4.69) is 0 Å². The number of sulfone groups is 1. The van der Waals surface area contributed by atoms with Crippen LogP contribution < -0.4 is 0 Å². The van der Waals surface area contributed by atoms with E-state index in [1.807, 2.05) is 0 Å². The van der Waals surface area contributed by atoms with E-state index < -0.39 is 20.4 Å². The number of benzene rings is 1. The topological polar surface area (TPSA) is 68.3 Å². The molecule has 1 aromatic carbocycles. The second-order valence-electron chi connectivity index (χ2n) is 4.48. The quantitative estimate of drug-likeness (QED) is 0.754. The van der Waals surface area contributed by atoms with Gasteiger partial charge in [-0.2, -0.15) is 0 Å². The third-order valence-corrected chi connectivity index (χ3v) is 5.24. The molecule has 0 saturated heterocycles. The molecule has 0 aliphatic heterocycles. The minimum atomic E-state index is -3.62. The third-order valence-electron chi connectivity index (χ3n) is 3.27. The summed E-state index contributed by atoms with van der Waals surface area (Å²) in [5.74, 6) is -0.789. The Morgan fingerprint density at radius 1 is 1.12 bits per heavy atom. The maximum atomic E-state index is 12.2. The molecule has 0 aromatic heterocycles. The molecule has 1 atom stereocenters. The summed E-state index contributed by atoms with van der Waals surface area (Å²) in [5.41, 5.74) is 0.523. The zero-order valence-corrected chi connectivity index (χ0v) is 10.4. The Labute approximate surface area is 99.6 Å². The van der Waals surface area contributed by atoms with Crippen LogP contribution in [0.1, 0.15) is 34.1 Å². The first-order chi connectivity index (χ1) is 7.77. The van der Waals surface area contributed by atoms with Crippen LogP contribution in [0.15, 0.2) is 24.3 Å². The maximum absolute atomic E-state index is 12.2. The molecule has 0 N–H and O–H groups in total. The van der Waals surface area contributed by atoms with Crippen molar-refractivity contribution in [3.05, 3.63) is 35.4 Å². The van der Waals surface area contributed by atoms with E-state index in [4.69, 9.17) is 0 Å². The average molecular weight is 252 g/mol. The first-order valence-corrected chi connectivity index (χ1v) is 7.03. The molecule has 4 nitrogen and oxygen atoms in total. The molecule has 1 aliphatic carbocycles. The van der Waals surface area contributed by atoms with Gasteiger partial charge in [-0.15, -0.1) is 0 Å². The molecule has 0 amide bonds. The van der Waals surface area contributed by atoms with Gasteiger partial charge in [0.1, 0.15) is 4.75 Å². The second-order valence-corrected chi connectivity index (χ2v) is 6.92. The van der Waals surface area contributed by atoms with Crippen LogP contribution in [-0.4, -0.2) is 31.0 Å². The Hall–Kier alpha value is -1.49. The predicted molar refractivity (Wildman–Crippen MR) is 63.0 cm³/mol. The molecule has 90 valence electrons. The molecular weight excluding hydrogens is 240 g/mol. The Kier molecular flexibility index (Phi) is 2.47. The highest BCUT2D eigenvalue weighted by Crippen LogP contribution is 2.33. The van der Waals surface area contributed by atoms with Crippen molar-refractivity contribution in [1.29, 1.82) is 0 Å². The number of ketones is 2. The molecular formula is C12H12O4S. The van der Waals surface area contributed by atoms with E-state index in [1.54, 1.807) is 18.2 Å². The number of hydrogen-bond acceptors (Lipinski definition) is 4. The van der Waals surface area contributed by atoms with E-state index in [-0.39, 0.29) is 17.8 Å². The summed E-state index contributed by atoms with van der Waals surface area (Å²) in [6.45, 7) is 1.32. The monoisotopic (exact) mass is 252 g/mol. The fraction of sp³-hybridized carbons (Fsp3) is 0.333. The number of Topliss-reactive ketones (excluding diaryl/α,β-unsaturated/α-hetero) is 2. The summed E-state index contributed by atoms with van der Waals surface area (Å²) in [4.78, 5) is 24.1. The van der Waals surface area contributed by atoms with E-state index in [0.29, 0.717) is 5.56 Å². The lowest BCUT2D eigenvalue weighted by Crippen LogP contribution is -2.48. The number of fused-ring (bicyclic) bond motifs is 1. The first kappa shape index (κ1) is 12.0. The Bertz CT molecular complexity index is 615. The van der Waals surface area contributed by atoms with Crippen LogP contribution in [0, 0.1) is 0 Å². The summed E-state index contributed by atoms with van der Waals surface area (Å²) in [7, 11) is -3.62. The van der Waals surface area contributed by atoms with Crippen LogP contribution in [-0.2, 0) is 9.84 Å². The molecule has 17 heavy (non-hydrogen) atoms. The van der Waals surface area contributed by atoms with Gasteiger partial charge in [-0.1, -0.05) is 24.3 Å². The van der Waals surface area contributed by atoms with E-state index in [1.165, 1.54) is 13.0 Å². The summed E-state index contributed by atoms with van der Waals surface area (Å²) >= 11 is 0. The normalized spacial score (nSPS) is 24.6. The van der Waals surface area contributed by atoms with Gasteiger partial charge in [0.2, 0.25) is 0 Å². The van der Waals surface area contributed by atoms with E-state index >= 15 is 0 Å². The van der Waals surface area contributed by atoms with Crippen LogP contribution >= 0.6 is 0 Å². The lowest BCUT2D eigenvalue weighted by atomic mass is 9.82. The van der Waals surface area contributed by atoms with Crippen LogP contribution in [0.3, 0.4) is 0 Å². The lowest BCUT2D eigenvalue weighted by molar-refractivity contribution is 0.0852. The van der Waals surface area contributed by atoms with Gasteiger partial charge in [0.15, 0.2) is 21.4 Å². The molecule has 0 unspecified atom stereocenters. The largest absolute Gasteiger partial charge is 0.294 e. The van der Waals surface area contributed by atoms with Crippen molar-refractivity contribution < 1.29 is 18.0 Å². The van der Waals surface area contributed by atoms with E-state index in [9.17, 15) is 18.0 Å². The Balaban J connectivity index is 2.70. The standard InChI is InChI=1S/C12H12O4S/c1-12(17(2,15)16)7-10(13)8-5-3-4-6-9(8)11(12)14/h3-6H,7H2,1-2H3/t12-/m0/s1. The van der Waals surface area contributed by atoms with Gasteiger partial charge in [-0.25, -0.2) is 8.42 Å². The first-order valence-electron chi connectivity index (χ1n) is 5.14. The van der Waals surface area contributed by atoms with E-state index in [0.717, 1.165) is 6.26 Å². The highest BCUT2D eigenvalue weighted by molar-refractivity contribution is 7.93. The lowest BCUT2D eigenvalue weighted by Gasteiger charge is -2.30. The molecule has 2 rings (SSSR count). The summed E-state index contributed by atoms with van der Waals surface area (Å²) < 4.78 is 21.8. The molecule has 0 spiro atoms. The summed E-state index contributed by atoms with van der Waals surface area (Å²) in [5, 5.41) is 0. The van der Waals surface area contributed by atoms with Crippen molar-refractivity contribution in [2.45, 2.75) is 18.1 Å². The SMILES string of the molecule is C[C@]1(S(C)(=O)=O)CC(=O)c2ccccc2C1=O. The van der Waals surface area contributed by atoms with Crippen molar-refractivity contribution in [2.24, 2.45) is 0 Å². The fourth-order valence-electron chi connectivity index (χ4n) is 1.99. The number of carbonyl (C=O) groups is 2. The molecule has 0 saturated carbocycles. The van der Waals surface area contributed by atoms with Crippen molar-refractivity contribution >= 4 is 21.4 Å². The minimum absolute atomic E-state index is 0.205. The molecule has 0 radical (unpaired) electrons. The fourth-order valence-corrected chi connectivity index (χ4v) is 2.83. The Morgan fingerprint density at radius 3 is 2.18 bits per heavy atom. The molecule has 1 aliphatic rings. The Morgan fingerprint density at radius 2 is 1.65 bits per heavy atom. The maximum Gasteiger partial charge on any atom is 0.184 e. The number of hydrogen-bond donors (Lipinski definition) is 0. The molecule has 5 heteroatoms. The van der Waals surface area contributed by atoms with Crippen LogP contribution in [0.4, 0.5) is 0 Å². The highest BCUT2D eigenvalue weighted by atomic mass is 32.2. The van der Waals surface area contributed by atoms with Crippen molar-refractivity contribution in [3.8, 4) is 0 Å². The van der Waals surface area contributed by atoms with Gasteiger partial charge in [0.25, 0.3) is 0 Å². The molecule has 0 fully saturated rings. The zero-order valence-electron chi connectivity index (χ0n) is 9.56. The van der Waals surface area contributed by atoms with Gasteiger partial charge in [-0.3, -0.25) is 9.59 Å².